The Bertz CT molecular complexity index is 596. The minimum Gasteiger partial charge on any atom is -0.315 e. The molecule has 0 saturated carbocycles. The number of aromatic nitrogens is 2. The van der Waals surface area contributed by atoms with Crippen LogP contribution >= 0.6 is 0 Å². The first kappa shape index (κ1) is 10.1. The molecule has 16 heavy (non-hydrogen) atoms. The van der Waals surface area contributed by atoms with Crippen LogP contribution in [0.5, 0.6) is 0 Å². The monoisotopic (exact) mass is 211 g/mol. The smallest absolute Gasteiger partial charge is 0.300 e. The first-order chi connectivity index (χ1) is 7.79. The van der Waals surface area contributed by atoms with E-state index in [1.54, 1.807) is 19.2 Å². The molecule has 1 aromatic carbocycles. The van der Waals surface area contributed by atoms with Gasteiger partial charge in [0.05, 0.1) is 5.52 Å². The Kier molecular flexibility index (Phi) is 2.79. The standard InChI is InChI=1S/C12H9N3O/c1-2-3-12(16)15-10-4-5-11-9(6-10)7-13-8-14-11/h4-8H,1H3,(H,15,16). The lowest BCUT2D eigenvalue weighted by molar-refractivity contribution is -0.111. The molecule has 0 aliphatic rings. The van der Waals surface area contributed by atoms with Gasteiger partial charge in [0.2, 0.25) is 0 Å². The van der Waals surface area contributed by atoms with Crippen LogP contribution < -0.4 is 5.32 Å². The summed E-state index contributed by atoms with van der Waals surface area (Å²) in [5, 5.41) is 3.55. The average molecular weight is 211 g/mol. The Morgan fingerprint density at radius 1 is 1.44 bits per heavy atom. The zero-order chi connectivity index (χ0) is 11.4. The predicted molar refractivity (Wildman–Crippen MR) is 61.6 cm³/mol. The van der Waals surface area contributed by atoms with Crippen molar-refractivity contribution in [2.75, 3.05) is 5.32 Å². The molecule has 1 aromatic heterocycles. The Balaban J connectivity index is 2.31. The van der Waals surface area contributed by atoms with Gasteiger partial charge in [-0.3, -0.25) is 4.79 Å². The fourth-order valence-electron chi connectivity index (χ4n) is 1.34. The Morgan fingerprint density at radius 3 is 3.12 bits per heavy atom. The highest BCUT2D eigenvalue weighted by atomic mass is 16.1. The summed E-state index contributed by atoms with van der Waals surface area (Å²) in [6, 6.07) is 5.42. The molecule has 0 bridgehead atoms. The van der Waals surface area contributed by atoms with Gasteiger partial charge < -0.3 is 5.32 Å². The first-order valence-corrected chi connectivity index (χ1v) is 4.73. The molecule has 4 nitrogen and oxygen atoms in total. The van der Waals surface area contributed by atoms with E-state index in [-0.39, 0.29) is 5.91 Å². The highest BCUT2D eigenvalue weighted by molar-refractivity contribution is 6.04. The second-order valence-electron chi connectivity index (χ2n) is 3.13. The molecule has 0 saturated heterocycles. The summed E-state index contributed by atoms with van der Waals surface area (Å²) >= 11 is 0. The minimum atomic E-state index is -0.321. The molecule has 0 atom stereocenters. The van der Waals surface area contributed by atoms with E-state index >= 15 is 0 Å². The molecular weight excluding hydrogens is 202 g/mol. The second-order valence-corrected chi connectivity index (χ2v) is 3.13. The van der Waals surface area contributed by atoms with E-state index in [0.717, 1.165) is 10.9 Å². The fraction of sp³-hybridized carbons (Fsp3) is 0.0833. The summed E-state index contributed by atoms with van der Waals surface area (Å²) < 4.78 is 0. The van der Waals surface area contributed by atoms with Gasteiger partial charge in [-0.25, -0.2) is 9.97 Å². The number of nitrogens with zero attached hydrogens (tertiary/aromatic N) is 2. The molecule has 2 aromatic rings. The van der Waals surface area contributed by atoms with Crippen LogP contribution in [-0.4, -0.2) is 15.9 Å². The van der Waals surface area contributed by atoms with Crippen molar-refractivity contribution in [2.24, 2.45) is 0 Å². The first-order valence-electron chi connectivity index (χ1n) is 4.73. The maximum Gasteiger partial charge on any atom is 0.300 e. The van der Waals surface area contributed by atoms with Gasteiger partial charge in [0.1, 0.15) is 6.33 Å². The number of hydrogen-bond acceptors (Lipinski definition) is 3. The van der Waals surface area contributed by atoms with Crippen molar-refractivity contribution in [1.82, 2.24) is 9.97 Å². The summed E-state index contributed by atoms with van der Waals surface area (Å²) in [6.45, 7) is 1.62. The Morgan fingerprint density at radius 2 is 2.31 bits per heavy atom. The van der Waals surface area contributed by atoms with Crippen LogP contribution in [0.3, 0.4) is 0 Å². The van der Waals surface area contributed by atoms with E-state index in [9.17, 15) is 4.79 Å². The largest absolute Gasteiger partial charge is 0.315 e. The highest BCUT2D eigenvalue weighted by Gasteiger charge is 1.99. The van der Waals surface area contributed by atoms with E-state index in [0.29, 0.717) is 5.69 Å². The Hall–Kier alpha value is -2.41. The molecule has 1 amide bonds. The number of benzene rings is 1. The second kappa shape index (κ2) is 4.41. The van der Waals surface area contributed by atoms with Crippen molar-refractivity contribution >= 4 is 22.5 Å². The molecule has 1 heterocycles. The number of anilines is 1. The summed E-state index contributed by atoms with van der Waals surface area (Å²) in [5.74, 6) is 4.63. The molecule has 0 fully saturated rings. The van der Waals surface area contributed by atoms with Gasteiger partial charge >= 0.3 is 0 Å². The number of hydrogen-bond donors (Lipinski definition) is 1. The summed E-state index contributed by atoms with van der Waals surface area (Å²) in [6.07, 6.45) is 3.19. The molecular formula is C12H9N3O. The molecule has 78 valence electrons. The maximum atomic E-state index is 11.2. The van der Waals surface area contributed by atoms with Gasteiger partial charge in [-0.1, -0.05) is 5.92 Å². The van der Waals surface area contributed by atoms with E-state index < -0.39 is 0 Å². The number of fused-ring (bicyclic) bond motifs is 1. The SMILES string of the molecule is CC#CC(=O)Nc1ccc2ncncc2c1. The van der Waals surface area contributed by atoms with Gasteiger partial charge in [0.25, 0.3) is 5.91 Å². The average Bonchev–Trinajstić information content (AvgIpc) is 2.29. The minimum absolute atomic E-state index is 0.321. The Labute approximate surface area is 92.7 Å². The zero-order valence-electron chi connectivity index (χ0n) is 8.69. The van der Waals surface area contributed by atoms with E-state index in [2.05, 4.69) is 27.1 Å². The third-order valence-corrected chi connectivity index (χ3v) is 2.00. The third kappa shape index (κ3) is 2.15. The third-order valence-electron chi connectivity index (χ3n) is 2.00. The van der Waals surface area contributed by atoms with E-state index in [4.69, 9.17) is 0 Å². The fourth-order valence-corrected chi connectivity index (χ4v) is 1.34. The molecule has 0 aliphatic heterocycles. The lowest BCUT2D eigenvalue weighted by Gasteiger charge is -2.02. The van der Waals surface area contributed by atoms with Crippen LogP contribution in [0.15, 0.2) is 30.7 Å². The summed E-state index contributed by atoms with van der Waals surface area (Å²) in [7, 11) is 0. The van der Waals surface area contributed by atoms with Crippen molar-refractivity contribution in [3.63, 3.8) is 0 Å². The predicted octanol–water partition coefficient (Wildman–Crippen LogP) is 1.59. The normalized spacial score (nSPS) is 9.31. The molecule has 2 rings (SSSR count). The molecule has 1 N–H and O–H groups in total. The molecule has 0 radical (unpaired) electrons. The zero-order valence-corrected chi connectivity index (χ0v) is 8.69. The summed E-state index contributed by atoms with van der Waals surface area (Å²) in [5.41, 5.74) is 1.53. The molecule has 4 heteroatoms. The van der Waals surface area contributed by atoms with Gasteiger partial charge in [-0.15, -0.1) is 0 Å². The van der Waals surface area contributed by atoms with Gasteiger partial charge in [0.15, 0.2) is 0 Å². The van der Waals surface area contributed by atoms with Gasteiger partial charge in [-0.05, 0) is 31.0 Å². The van der Waals surface area contributed by atoms with E-state index in [1.165, 1.54) is 6.33 Å². The molecule has 0 spiro atoms. The van der Waals surface area contributed by atoms with Crippen LogP contribution in [-0.2, 0) is 4.79 Å². The van der Waals surface area contributed by atoms with Crippen molar-refractivity contribution < 1.29 is 4.79 Å². The quantitative estimate of drug-likeness (QED) is 0.729. The van der Waals surface area contributed by atoms with Crippen LogP contribution in [0.25, 0.3) is 10.9 Å². The maximum absolute atomic E-state index is 11.2. The number of carbonyl (C=O) groups excluding carboxylic acids is 1. The van der Waals surface area contributed by atoms with Crippen LogP contribution in [0.1, 0.15) is 6.92 Å². The molecule has 0 aliphatic carbocycles. The highest BCUT2D eigenvalue weighted by Crippen LogP contribution is 2.15. The number of carbonyl (C=O) groups is 1. The van der Waals surface area contributed by atoms with Gasteiger partial charge in [0, 0.05) is 17.3 Å². The summed E-state index contributed by atoms with van der Waals surface area (Å²) in [4.78, 5) is 19.2. The van der Waals surface area contributed by atoms with Crippen molar-refractivity contribution in [3.8, 4) is 11.8 Å². The number of nitrogens with one attached hydrogen (secondary N) is 1. The van der Waals surface area contributed by atoms with E-state index in [1.807, 2.05) is 12.1 Å². The van der Waals surface area contributed by atoms with Crippen molar-refractivity contribution in [3.05, 3.63) is 30.7 Å². The number of rotatable bonds is 1. The molecule has 0 unspecified atom stereocenters. The number of amides is 1. The lowest BCUT2D eigenvalue weighted by atomic mass is 10.2. The lowest BCUT2D eigenvalue weighted by Crippen LogP contribution is -2.08. The van der Waals surface area contributed by atoms with Crippen molar-refractivity contribution in [1.29, 1.82) is 0 Å². The van der Waals surface area contributed by atoms with Crippen LogP contribution in [0.4, 0.5) is 5.69 Å². The van der Waals surface area contributed by atoms with Crippen LogP contribution in [0, 0.1) is 11.8 Å². The van der Waals surface area contributed by atoms with Gasteiger partial charge in [-0.2, -0.15) is 0 Å². The van der Waals surface area contributed by atoms with Crippen LogP contribution in [0.2, 0.25) is 0 Å². The van der Waals surface area contributed by atoms with Crippen molar-refractivity contribution in [2.45, 2.75) is 6.92 Å². The topological polar surface area (TPSA) is 54.9 Å².